The number of hydrogen-bond donors (Lipinski definition) is 4. The molecule has 348 valence electrons. The van der Waals surface area contributed by atoms with Gasteiger partial charge in [-0.15, -0.1) is 0 Å². The molecule has 64 heavy (non-hydrogen) atoms. The van der Waals surface area contributed by atoms with Crippen molar-refractivity contribution in [2.45, 2.75) is 102 Å². The van der Waals surface area contributed by atoms with Gasteiger partial charge >= 0.3 is 12.4 Å². The summed E-state index contributed by atoms with van der Waals surface area (Å²) < 4.78 is 79.4. The molecule has 0 unspecified atom stereocenters. The summed E-state index contributed by atoms with van der Waals surface area (Å²) in [5.74, 6) is -6.19. The summed E-state index contributed by atoms with van der Waals surface area (Å²) in [6.45, 7) is -0.243. The number of pyridine rings is 2. The lowest BCUT2D eigenvalue weighted by Crippen LogP contribution is -2.52. The number of carbonyl (C=O) groups is 4. The molecule has 2 aliphatic carbocycles. The number of nitrogens with zero attached hydrogens (tertiary/aromatic N) is 4. The predicted molar refractivity (Wildman–Crippen MR) is 219 cm³/mol. The first-order chi connectivity index (χ1) is 30.3. The van der Waals surface area contributed by atoms with Crippen LogP contribution in [0.3, 0.4) is 0 Å². The summed E-state index contributed by atoms with van der Waals surface area (Å²) in [5.41, 5.74) is 1.12. The van der Waals surface area contributed by atoms with E-state index < -0.39 is 98.3 Å². The second-order valence-corrected chi connectivity index (χ2v) is 17.4. The molecule has 6 aliphatic rings. The number of carbonyl (C=O) groups excluding carboxylic acids is 4. The van der Waals surface area contributed by atoms with Gasteiger partial charge in [0.25, 0.3) is 11.1 Å². The molecule has 0 aromatic carbocycles. The quantitative estimate of drug-likeness (QED) is 0.261. The summed E-state index contributed by atoms with van der Waals surface area (Å²) in [5, 5.41) is 24.1. The van der Waals surface area contributed by atoms with Crippen molar-refractivity contribution in [2.75, 3.05) is 26.3 Å². The first-order valence-electron chi connectivity index (χ1n) is 21.6. The minimum atomic E-state index is -4.59. The largest absolute Gasteiger partial charge is 0.405 e. The van der Waals surface area contributed by atoms with E-state index >= 15 is 0 Å². The monoisotopic (exact) mass is 906 g/mol. The van der Waals surface area contributed by atoms with E-state index in [1.807, 2.05) is 10.6 Å². The second-order valence-electron chi connectivity index (χ2n) is 17.4. The van der Waals surface area contributed by atoms with Crippen LogP contribution in [-0.2, 0) is 32.3 Å². The zero-order valence-electron chi connectivity index (χ0n) is 35.3. The minimum Gasteiger partial charge on any atom is -0.396 e. The molecule has 2 aromatic rings. The van der Waals surface area contributed by atoms with Crippen LogP contribution in [0.15, 0.2) is 46.0 Å². The second kappa shape index (κ2) is 18.3. The van der Waals surface area contributed by atoms with Crippen molar-refractivity contribution in [3.05, 3.63) is 79.6 Å². The molecule has 4 bridgehead atoms. The van der Waals surface area contributed by atoms with Crippen LogP contribution in [0.5, 0.6) is 0 Å². The number of alkyl halides is 6. The summed E-state index contributed by atoms with van der Waals surface area (Å²) in [6, 6.07) is 3.40. The lowest BCUT2D eigenvalue weighted by atomic mass is 9.83. The first kappa shape index (κ1) is 46.7. The van der Waals surface area contributed by atoms with Gasteiger partial charge < -0.3 is 39.8 Å². The zero-order valence-corrected chi connectivity index (χ0v) is 35.3. The molecule has 2 aromatic heterocycles. The number of aliphatic hydroxyl groups is 2. The van der Waals surface area contributed by atoms with Gasteiger partial charge in [-0.2, -0.15) is 26.3 Å². The standard InChI is InChI=1S/2C22H26F3N3O4/c2*1-2-4-12-7-8-15-18-17(19(30)26-11-22(23,24)25)14(10-29)16(9-27(15)20(12)31)28(18)21(32)13-5-3-6-13/h2*2,4,7-8,13-14,16-18,29H,3,5-6,9-11H2,1H3,(H,26,30)/b4-2+;4-2-/t2*14-,16-,17+,18+/m11/s1. The van der Waals surface area contributed by atoms with E-state index in [4.69, 9.17) is 0 Å². The Morgan fingerprint density at radius 2 is 1.00 bits per heavy atom. The van der Waals surface area contributed by atoms with E-state index in [1.54, 1.807) is 72.2 Å². The van der Waals surface area contributed by atoms with E-state index in [1.165, 1.54) is 9.13 Å². The van der Waals surface area contributed by atoms with Crippen LogP contribution in [-0.4, -0.2) is 104 Å². The number of fused-ring (bicyclic) bond motifs is 8. The molecule has 2 saturated heterocycles. The number of aromatic nitrogens is 2. The van der Waals surface area contributed by atoms with Crippen molar-refractivity contribution in [2.24, 2.45) is 35.5 Å². The smallest absolute Gasteiger partial charge is 0.396 e. The SMILES string of the molecule is C/C=C/c1ccc2n(c1=O)C[C@@H]1[C@@H](CO)[C@H](C(=O)NCC(F)(F)F)[C@H]2N1C(=O)C1CCC1.C/C=C\c1ccc2n(c1=O)C[C@@H]1[C@@H](CO)[C@H](C(=O)NCC(F)(F)F)[C@H]2N1C(=O)C1CCC1. The maximum absolute atomic E-state index is 13.3. The molecule has 4 N–H and O–H groups in total. The topological polar surface area (TPSA) is 183 Å². The van der Waals surface area contributed by atoms with Crippen molar-refractivity contribution in [3.8, 4) is 0 Å². The Labute approximate surface area is 364 Å². The van der Waals surface area contributed by atoms with E-state index in [0.29, 0.717) is 22.5 Å². The third-order valence-corrected chi connectivity index (χ3v) is 13.8. The first-order valence-corrected chi connectivity index (χ1v) is 21.6. The average Bonchev–Trinajstić information content (AvgIpc) is 3.59. The van der Waals surface area contributed by atoms with Crippen molar-refractivity contribution >= 4 is 35.8 Å². The van der Waals surface area contributed by atoms with Gasteiger partial charge in [0.1, 0.15) is 13.1 Å². The maximum atomic E-state index is 13.3. The van der Waals surface area contributed by atoms with Gasteiger partial charge in [-0.3, -0.25) is 28.8 Å². The molecule has 4 fully saturated rings. The van der Waals surface area contributed by atoms with E-state index in [9.17, 15) is 65.3 Å². The van der Waals surface area contributed by atoms with Crippen molar-refractivity contribution in [1.82, 2.24) is 29.6 Å². The van der Waals surface area contributed by atoms with Crippen molar-refractivity contribution < 1.29 is 55.7 Å². The number of nitrogens with one attached hydrogen (secondary N) is 2. The summed E-state index contributed by atoms with van der Waals surface area (Å²) >= 11 is 0. The van der Waals surface area contributed by atoms with Crippen LogP contribution >= 0.6 is 0 Å². The molecule has 8 atom stereocenters. The van der Waals surface area contributed by atoms with Gasteiger partial charge in [0.2, 0.25) is 23.6 Å². The molecule has 4 amide bonds. The molecule has 8 rings (SSSR count). The van der Waals surface area contributed by atoms with Gasteiger partial charge in [-0.1, -0.05) is 37.1 Å². The highest BCUT2D eigenvalue weighted by molar-refractivity contribution is 5.87. The third-order valence-electron chi connectivity index (χ3n) is 13.8. The molecule has 4 aliphatic heterocycles. The summed E-state index contributed by atoms with van der Waals surface area (Å²) in [6.07, 6.45) is 2.28. The molecule has 2 saturated carbocycles. The highest BCUT2D eigenvalue weighted by atomic mass is 19.4. The molecular formula is C44H52F6N6O8. The summed E-state index contributed by atoms with van der Waals surface area (Å²) in [7, 11) is 0. The van der Waals surface area contributed by atoms with Gasteiger partial charge in [-0.25, -0.2) is 0 Å². The van der Waals surface area contributed by atoms with Gasteiger partial charge in [-0.05, 0) is 63.8 Å². The summed E-state index contributed by atoms with van der Waals surface area (Å²) in [4.78, 5) is 81.6. The van der Waals surface area contributed by atoms with Crippen LogP contribution in [0.25, 0.3) is 12.2 Å². The number of aliphatic hydroxyl groups excluding tert-OH is 2. The van der Waals surface area contributed by atoms with Gasteiger partial charge in [0.15, 0.2) is 0 Å². The Hall–Kier alpha value is -5.24. The highest BCUT2D eigenvalue weighted by Gasteiger charge is 2.60. The number of halogens is 6. The van der Waals surface area contributed by atoms with Crippen LogP contribution in [0, 0.1) is 35.5 Å². The molecule has 0 radical (unpaired) electrons. The Balaban J connectivity index is 0.000000191. The lowest BCUT2D eigenvalue weighted by Gasteiger charge is -2.41. The Bertz CT molecular complexity index is 2160. The maximum Gasteiger partial charge on any atom is 0.405 e. The van der Waals surface area contributed by atoms with Crippen LogP contribution in [0.4, 0.5) is 26.3 Å². The fourth-order valence-corrected chi connectivity index (χ4v) is 10.4. The van der Waals surface area contributed by atoms with Gasteiger partial charge in [0, 0.05) is 72.5 Å². The zero-order chi connectivity index (χ0) is 46.4. The van der Waals surface area contributed by atoms with E-state index in [0.717, 1.165) is 38.5 Å². The van der Waals surface area contributed by atoms with E-state index in [2.05, 4.69) is 0 Å². The molecule has 0 spiro atoms. The molecule has 20 heteroatoms. The normalized spacial score (nSPS) is 27.3. The molecular weight excluding hydrogens is 855 g/mol. The Morgan fingerprint density at radius 1 is 0.641 bits per heavy atom. The number of amides is 4. The lowest BCUT2D eigenvalue weighted by molar-refractivity contribution is -0.146. The van der Waals surface area contributed by atoms with E-state index in [-0.39, 0.29) is 47.9 Å². The Morgan fingerprint density at radius 3 is 1.28 bits per heavy atom. The number of hydrogen-bond acceptors (Lipinski definition) is 8. The number of rotatable bonds is 10. The fourth-order valence-electron chi connectivity index (χ4n) is 10.4. The highest BCUT2D eigenvalue weighted by Crippen LogP contribution is 2.51. The Kier molecular flexibility index (Phi) is 13.4. The van der Waals surface area contributed by atoms with Crippen molar-refractivity contribution in [3.63, 3.8) is 0 Å². The average molecular weight is 907 g/mol. The third kappa shape index (κ3) is 8.66. The molecule has 14 nitrogen and oxygen atoms in total. The number of allylic oxidation sites excluding steroid dienone is 2. The van der Waals surface area contributed by atoms with Crippen LogP contribution < -0.4 is 21.8 Å². The van der Waals surface area contributed by atoms with Gasteiger partial charge in [0.05, 0.1) is 36.0 Å². The minimum absolute atomic E-state index is 0.0861. The van der Waals surface area contributed by atoms with Crippen LogP contribution in [0.1, 0.15) is 87.0 Å². The predicted octanol–water partition coefficient (Wildman–Crippen LogP) is 3.70. The fraction of sp³-hybridized carbons (Fsp3) is 0.591. The molecule has 6 heterocycles. The van der Waals surface area contributed by atoms with Crippen LogP contribution in [0.2, 0.25) is 0 Å². The van der Waals surface area contributed by atoms with Crippen molar-refractivity contribution in [1.29, 1.82) is 0 Å².